The first kappa shape index (κ1) is 25.0. The maximum Gasteiger partial charge on any atom is 0.253 e. The van der Waals surface area contributed by atoms with Crippen LogP contribution in [0.2, 0.25) is 10.0 Å². The van der Waals surface area contributed by atoms with Crippen LogP contribution in [0.25, 0.3) is 0 Å². The van der Waals surface area contributed by atoms with E-state index in [1.54, 1.807) is 18.2 Å². The van der Waals surface area contributed by atoms with Gasteiger partial charge in [0.1, 0.15) is 11.6 Å². The minimum absolute atomic E-state index is 0.0113. The largest absolute Gasteiger partial charge is 0.454 e. The average Bonchev–Trinajstić information content (AvgIpc) is 2.74. The Hall–Kier alpha value is -2.61. The van der Waals surface area contributed by atoms with Crippen molar-refractivity contribution in [2.45, 2.75) is 31.2 Å². The summed E-state index contributed by atoms with van der Waals surface area (Å²) in [6.07, 6.45) is 1.12. The number of halogens is 3. The maximum absolute atomic E-state index is 14.0. The van der Waals surface area contributed by atoms with E-state index in [0.29, 0.717) is 5.56 Å². The number of carbonyl (C=O) groups is 1. The van der Waals surface area contributed by atoms with E-state index in [1.807, 2.05) is 13.8 Å². The topological polar surface area (TPSA) is 72.5 Å². The quantitative estimate of drug-likeness (QED) is 0.400. The molecule has 0 heterocycles. The second-order valence-corrected chi connectivity index (χ2v) is 10.6. The summed E-state index contributed by atoms with van der Waals surface area (Å²) in [5, 5.41) is 2.88. The van der Waals surface area contributed by atoms with Crippen molar-refractivity contribution in [2.75, 3.05) is 6.26 Å². The van der Waals surface area contributed by atoms with Gasteiger partial charge in [0.25, 0.3) is 5.91 Å². The van der Waals surface area contributed by atoms with Crippen molar-refractivity contribution < 1.29 is 22.3 Å². The molecule has 0 atom stereocenters. The van der Waals surface area contributed by atoms with Gasteiger partial charge in [0.15, 0.2) is 15.6 Å². The molecule has 0 spiro atoms. The molecule has 0 radical (unpaired) electrons. The minimum Gasteiger partial charge on any atom is -0.454 e. The molecule has 174 valence electrons. The molecular weight excluding hydrogens is 488 g/mol. The van der Waals surface area contributed by atoms with Gasteiger partial charge < -0.3 is 10.1 Å². The van der Waals surface area contributed by atoms with E-state index < -0.39 is 21.6 Å². The number of hydrogen-bond donors (Lipinski definition) is 1. The second kappa shape index (κ2) is 10.1. The third-order valence-electron chi connectivity index (χ3n) is 4.88. The fraction of sp³-hybridized carbons (Fsp3) is 0.208. The fourth-order valence-electron chi connectivity index (χ4n) is 3.03. The molecular formula is C24H22Cl2FNO4S. The first-order chi connectivity index (χ1) is 15.5. The summed E-state index contributed by atoms with van der Waals surface area (Å²) in [5.41, 5.74) is 1.58. The highest BCUT2D eigenvalue weighted by molar-refractivity contribution is 7.90. The molecule has 33 heavy (non-hydrogen) atoms. The van der Waals surface area contributed by atoms with Crippen LogP contribution in [0.4, 0.5) is 4.39 Å². The van der Waals surface area contributed by atoms with E-state index in [4.69, 9.17) is 27.9 Å². The standard InChI is InChI=1S/C24H22Cl2FNO4S/c1-14(2)16-10-17(27)12-18(11-16)32-23-21(25)9-8-20(22(23)26)24(29)28-13-15-4-6-19(7-5-15)33(3,30)31/h4-12,14H,13H2,1-3H3,(H,28,29). The van der Waals surface area contributed by atoms with Gasteiger partial charge in [-0.25, -0.2) is 12.8 Å². The van der Waals surface area contributed by atoms with Gasteiger partial charge in [-0.15, -0.1) is 0 Å². The molecule has 3 rings (SSSR count). The predicted octanol–water partition coefficient (Wildman–Crippen LogP) is 6.38. The Kier molecular flexibility index (Phi) is 7.67. The number of amides is 1. The zero-order chi connectivity index (χ0) is 24.3. The Morgan fingerprint density at radius 2 is 1.73 bits per heavy atom. The lowest BCUT2D eigenvalue weighted by Gasteiger charge is -2.15. The van der Waals surface area contributed by atoms with E-state index in [9.17, 15) is 17.6 Å². The zero-order valence-electron chi connectivity index (χ0n) is 18.2. The van der Waals surface area contributed by atoms with Crippen molar-refractivity contribution in [1.29, 1.82) is 0 Å². The third-order valence-corrected chi connectivity index (χ3v) is 6.68. The summed E-state index contributed by atoms with van der Waals surface area (Å²) < 4.78 is 42.9. The normalized spacial score (nSPS) is 11.5. The van der Waals surface area contributed by atoms with E-state index in [1.165, 1.54) is 36.4 Å². The number of hydrogen-bond acceptors (Lipinski definition) is 4. The van der Waals surface area contributed by atoms with Crippen LogP contribution in [0, 0.1) is 5.82 Å². The Balaban J connectivity index is 1.79. The molecule has 9 heteroatoms. The van der Waals surface area contributed by atoms with Gasteiger partial charge >= 0.3 is 0 Å². The highest BCUT2D eigenvalue weighted by Crippen LogP contribution is 2.39. The van der Waals surface area contributed by atoms with Crippen LogP contribution in [0.15, 0.2) is 59.5 Å². The molecule has 0 bridgehead atoms. The molecule has 0 aliphatic heterocycles. The van der Waals surface area contributed by atoms with Crippen LogP contribution in [0.1, 0.15) is 41.3 Å². The maximum atomic E-state index is 14.0. The Morgan fingerprint density at radius 1 is 1.06 bits per heavy atom. The molecule has 0 unspecified atom stereocenters. The van der Waals surface area contributed by atoms with Crippen LogP contribution in [0.3, 0.4) is 0 Å². The smallest absolute Gasteiger partial charge is 0.253 e. The van der Waals surface area contributed by atoms with Crippen molar-refractivity contribution in [2.24, 2.45) is 0 Å². The highest BCUT2D eigenvalue weighted by Gasteiger charge is 2.19. The number of benzene rings is 3. The van der Waals surface area contributed by atoms with Gasteiger partial charge in [-0.2, -0.15) is 0 Å². The molecule has 0 saturated heterocycles. The molecule has 0 saturated carbocycles. The molecule has 0 aliphatic carbocycles. The SMILES string of the molecule is CC(C)c1cc(F)cc(Oc2c(Cl)ccc(C(=O)NCc3ccc(S(C)(=O)=O)cc3)c2Cl)c1. The second-order valence-electron chi connectivity index (χ2n) is 7.81. The van der Waals surface area contributed by atoms with E-state index in [-0.39, 0.29) is 44.5 Å². The zero-order valence-corrected chi connectivity index (χ0v) is 20.5. The van der Waals surface area contributed by atoms with E-state index in [0.717, 1.165) is 11.8 Å². The average molecular weight is 510 g/mol. The monoisotopic (exact) mass is 509 g/mol. The summed E-state index contributed by atoms with van der Waals surface area (Å²) in [7, 11) is -3.30. The van der Waals surface area contributed by atoms with Gasteiger partial charge in [-0.05, 0) is 53.4 Å². The molecule has 1 N–H and O–H groups in total. The number of rotatable bonds is 7. The van der Waals surface area contributed by atoms with Crippen molar-refractivity contribution in [1.82, 2.24) is 5.32 Å². The van der Waals surface area contributed by atoms with Gasteiger partial charge in [-0.1, -0.05) is 49.2 Å². The Labute approximate surface area is 202 Å². The lowest BCUT2D eigenvalue weighted by atomic mass is 10.0. The lowest BCUT2D eigenvalue weighted by Crippen LogP contribution is -2.23. The van der Waals surface area contributed by atoms with Crippen molar-refractivity contribution in [3.8, 4) is 11.5 Å². The predicted molar refractivity (Wildman–Crippen MR) is 128 cm³/mol. The minimum atomic E-state index is -3.30. The van der Waals surface area contributed by atoms with E-state index in [2.05, 4.69) is 5.32 Å². The number of ether oxygens (including phenoxy) is 1. The molecule has 0 aliphatic rings. The third kappa shape index (κ3) is 6.25. The summed E-state index contributed by atoms with van der Waals surface area (Å²) in [5.74, 6) is -0.595. The molecule has 5 nitrogen and oxygen atoms in total. The molecule has 3 aromatic carbocycles. The van der Waals surface area contributed by atoms with Crippen LogP contribution in [-0.4, -0.2) is 20.6 Å². The highest BCUT2D eigenvalue weighted by atomic mass is 35.5. The van der Waals surface area contributed by atoms with Crippen molar-refractivity contribution in [3.05, 3.63) is 87.2 Å². The summed E-state index contributed by atoms with van der Waals surface area (Å²) in [4.78, 5) is 12.9. The Bertz CT molecular complexity index is 1290. The first-order valence-electron chi connectivity index (χ1n) is 9.99. The van der Waals surface area contributed by atoms with Gasteiger partial charge in [-0.3, -0.25) is 4.79 Å². The van der Waals surface area contributed by atoms with E-state index >= 15 is 0 Å². The van der Waals surface area contributed by atoms with Crippen LogP contribution in [-0.2, 0) is 16.4 Å². The van der Waals surface area contributed by atoms with Crippen LogP contribution in [0.5, 0.6) is 11.5 Å². The molecule has 0 fully saturated rings. The van der Waals surface area contributed by atoms with Gasteiger partial charge in [0, 0.05) is 18.9 Å². The van der Waals surface area contributed by atoms with Crippen LogP contribution >= 0.6 is 23.2 Å². The van der Waals surface area contributed by atoms with Crippen LogP contribution < -0.4 is 10.1 Å². The van der Waals surface area contributed by atoms with Crippen molar-refractivity contribution >= 4 is 38.9 Å². The summed E-state index contributed by atoms with van der Waals surface area (Å²) >= 11 is 12.7. The first-order valence-corrected chi connectivity index (χ1v) is 12.6. The molecule has 3 aromatic rings. The number of nitrogens with one attached hydrogen (secondary N) is 1. The fourth-order valence-corrected chi connectivity index (χ4v) is 4.19. The van der Waals surface area contributed by atoms with Gasteiger partial charge in [0.2, 0.25) is 0 Å². The number of carbonyl (C=O) groups excluding carboxylic acids is 1. The molecule has 1 amide bonds. The lowest BCUT2D eigenvalue weighted by molar-refractivity contribution is 0.0950. The summed E-state index contributed by atoms with van der Waals surface area (Å²) in [6, 6.07) is 13.4. The number of sulfone groups is 1. The Morgan fingerprint density at radius 3 is 2.33 bits per heavy atom. The van der Waals surface area contributed by atoms with Crippen molar-refractivity contribution in [3.63, 3.8) is 0 Å². The molecule has 0 aromatic heterocycles. The summed E-state index contributed by atoms with van der Waals surface area (Å²) in [6.45, 7) is 4.01. The van der Waals surface area contributed by atoms with Gasteiger partial charge in [0.05, 0.1) is 20.5 Å².